The molecule has 0 amide bonds. The first kappa shape index (κ1) is 19.9. The molecule has 0 saturated heterocycles. The summed E-state index contributed by atoms with van der Waals surface area (Å²) in [5, 5.41) is 9.77. The van der Waals surface area contributed by atoms with Gasteiger partial charge in [0.05, 0.1) is 23.7 Å². The Labute approximate surface area is 137 Å². The molecule has 1 aromatic carbocycles. The van der Waals surface area contributed by atoms with E-state index in [0.29, 0.717) is 16.6 Å². The maximum absolute atomic E-state index is 13.9. The lowest BCUT2D eigenvalue weighted by Gasteiger charge is -2.18. The summed E-state index contributed by atoms with van der Waals surface area (Å²) < 4.78 is 24.0. The molecule has 3 N–H and O–H groups in total. The summed E-state index contributed by atoms with van der Waals surface area (Å²) in [4.78, 5) is 11.4. The summed E-state index contributed by atoms with van der Waals surface area (Å²) in [6.45, 7) is 3.74. The molecule has 0 saturated carbocycles. The Kier molecular flexibility index (Phi) is 8.61. The second-order valence-electron chi connectivity index (χ2n) is 3.96. The highest BCUT2D eigenvalue weighted by Crippen LogP contribution is 2.37. The van der Waals surface area contributed by atoms with Gasteiger partial charge < -0.3 is 20.3 Å². The minimum absolute atomic E-state index is 0. The average molecular weight is 387 g/mol. The molecule has 8 heteroatoms. The van der Waals surface area contributed by atoms with E-state index in [2.05, 4.69) is 20.7 Å². The summed E-state index contributed by atoms with van der Waals surface area (Å²) >= 11 is 3.13. The van der Waals surface area contributed by atoms with Crippen LogP contribution in [0.2, 0.25) is 0 Å². The van der Waals surface area contributed by atoms with Crippen LogP contribution < -0.4 is 10.5 Å². The second-order valence-corrected chi connectivity index (χ2v) is 4.82. The molecule has 2 atom stereocenters. The van der Waals surface area contributed by atoms with E-state index in [-0.39, 0.29) is 30.5 Å². The molecular weight excluding hydrogens is 369 g/mol. The number of hydrogen-bond donors (Lipinski definition) is 2. The Balaban J connectivity index is 0.00000400. The molecule has 0 heterocycles. The van der Waals surface area contributed by atoms with E-state index in [1.807, 2.05) is 0 Å². The normalized spacial score (nSPS) is 13.0. The van der Waals surface area contributed by atoms with Gasteiger partial charge in [0.2, 0.25) is 6.17 Å². The topological polar surface area (TPSA) is 81.8 Å². The lowest BCUT2D eigenvalue weighted by molar-refractivity contribution is -0.149. The van der Waals surface area contributed by atoms with Gasteiger partial charge in [-0.15, -0.1) is 12.4 Å². The van der Waals surface area contributed by atoms with E-state index in [1.54, 1.807) is 13.8 Å². The lowest BCUT2D eigenvalue weighted by atomic mass is 10.0. The van der Waals surface area contributed by atoms with E-state index in [9.17, 15) is 14.3 Å². The zero-order valence-electron chi connectivity index (χ0n) is 11.6. The van der Waals surface area contributed by atoms with Crippen LogP contribution in [0, 0.1) is 0 Å². The third-order valence-corrected chi connectivity index (χ3v) is 3.17. The first-order valence-corrected chi connectivity index (χ1v) is 6.93. The molecule has 0 aliphatic heterocycles. The number of alkyl halides is 1. The van der Waals surface area contributed by atoms with E-state index >= 15 is 0 Å². The van der Waals surface area contributed by atoms with Gasteiger partial charge in [-0.25, -0.2) is 9.18 Å². The van der Waals surface area contributed by atoms with Crippen molar-refractivity contribution in [2.75, 3.05) is 13.2 Å². The van der Waals surface area contributed by atoms with Crippen molar-refractivity contribution in [3.05, 3.63) is 22.2 Å². The molecule has 1 aromatic rings. The number of rotatable bonds is 6. The number of aromatic hydroxyl groups is 1. The summed E-state index contributed by atoms with van der Waals surface area (Å²) in [6.07, 6.45) is -1.99. The van der Waals surface area contributed by atoms with Crippen molar-refractivity contribution in [1.82, 2.24) is 0 Å². The van der Waals surface area contributed by atoms with E-state index in [4.69, 9.17) is 10.5 Å². The Bertz CT molecular complexity index is 489. The summed E-state index contributed by atoms with van der Waals surface area (Å²) in [7, 11) is 0. The van der Waals surface area contributed by atoms with E-state index < -0.39 is 18.2 Å². The third kappa shape index (κ3) is 5.01. The molecule has 0 bridgehead atoms. The fourth-order valence-electron chi connectivity index (χ4n) is 1.59. The highest BCUT2D eigenvalue weighted by molar-refractivity contribution is 9.10. The minimum Gasteiger partial charge on any atom is -0.503 e. The molecule has 0 aliphatic carbocycles. The molecule has 0 fully saturated rings. The van der Waals surface area contributed by atoms with Gasteiger partial charge >= 0.3 is 5.97 Å². The van der Waals surface area contributed by atoms with Gasteiger partial charge in [0, 0.05) is 0 Å². The van der Waals surface area contributed by atoms with Crippen LogP contribution in [0.3, 0.4) is 0 Å². The molecule has 120 valence electrons. The minimum atomic E-state index is -1.99. The lowest BCUT2D eigenvalue weighted by Crippen LogP contribution is -2.31. The Morgan fingerprint density at radius 3 is 2.57 bits per heavy atom. The Morgan fingerprint density at radius 2 is 2.05 bits per heavy atom. The first-order valence-electron chi connectivity index (χ1n) is 6.13. The second kappa shape index (κ2) is 9.07. The van der Waals surface area contributed by atoms with Crippen molar-refractivity contribution < 1.29 is 23.8 Å². The van der Waals surface area contributed by atoms with Crippen molar-refractivity contribution >= 4 is 34.3 Å². The number of ether oxygens (including phenoxy) is 2. The molecule has 1 rings (SSSR count). The van der Waals surface area contributed by atoms with Crippen molar-refractivity contribution in [3.63, 3.8) is 0 Å². The van der Waals surface area contributed by atoms with Crippen molar-refractivity contribution in [3.8, 4) is 11.5 Å². The Morgan fingerprint density at radius 1 is 1.43 bits per heavy atom. The van der Waals surface area contributed by atoms with Crippen LogP contribution in [0.1, 0.15) is 25.5 Å². The number of phenolic OH excluding ortho intramolecular Hbond substituents is 1. The van der Waals surface area contributed by atoms with Crippen LogP contribution in [-0.4, -0.2) is 30.5 Å². The summed E-state index contributed by atoms with van der Waals surface area (Å²) in [5.41, 5.74) is 6.04. The first-order chi connectivity index (χ1) is 9.42. The van der Waals surface area contributed by atoms with Gasteiger partial charge in [-0.3, -0.25) is 0 Å². The Hall–Kier alpha value is -1.05. The standard InChI is InChI=1S/C13H17BrFNO4.ClH/c1-3-19-9-6-7(5-8(14)12(9)17)11(16)10(15)13(18)20-4-2;/h5-6,10-11,17H,3-4,16H2,1-2H3;1H/t10?,11-;/m0./s1. The molecule has 0 radical (unpaired) electrons. The quantitative estimate of drug-likeness (QED) is 0.735. The van der Waals surface area contributed by atoms with Gasteiger partial charge in [0.1, 0.15) is 0 Å². The maximum Gasteiger partial charge on any atom is 0.342 e. The van der Waals surface area contributed by atoms with Gasteiger partial charge in [-0.1, -0.05) is 0 Å². The molecule has 0 spiro atoms. The van der Waals surface area contributed by atoms with Gasteiger partial charge in [0.25, 0.3) is 0 Å². The third-order valence-electron chi connectivity index (χ3n) is 2.56. The predicted molar refractivity (Wildman–Crippen MR) is 82.7 cm³/mol. The smallest absolute Gasteiger partial charge is 0.342 e. The van der Waals surface area contributed by atoms with Crippen molar-refractivity contribution in [2.24, 2.45) is 5.73 Å². The largest absolute Gasteiger partial charge is 0.503 e. The number of nitrogens with two attached hydrogens (primary N) is 1. The maximum atomic E-state index is 13.9. The van der Waals surface area contributed by atoms with Crippen LogP contribution >= 0.6 is 28.3 Å². The van der Waals surface area contributed by atoms with Crippen LogP contribution in [-0.2, 0) is 9.53 Å². The van der Waals surface area contributed by atoms with Crippen molar-refractivity contribution in [1.29, 1.82) is 0 Å². The number of esters is 1. The highest BCUT2D eigenvalue weighted by atomic mass is 79.9. The van der Waals surface area contributed by atoms with Crippen LogP contribution in [0.5, 0.6) is 11.5 Å². The average Bonchev–Trinajstić information content (AvgIpc) is 2.42. The van der Waals surface area contributed by atoms with E-state index in [0.717, 1.165) is 0 Å². The summed E-state index contributed by atoms with van der Waals surface area (Å²) in [5.74, 6) is -0.945. The zero-order chi connectivity index (χ0) is 15.3. The number of halogens is 3. The number of hydrogen-bond acceptors (Lipinski definition) is 5. The van der Waals surface area contributed by atoms with Gasteiger partial charge in [-0.2, -0.15) is 0 Å². The van der Waals surface area contributed by atoms with Crippen LogP contribution in [0.25, 0.3) is 0 Å². The zero-order valence-corrected chi connectivity index (χ0v) is 14.0. The number of benzene rings is 1. The fraction of sp³-hybridized carbons (Fsp3) is 0.462. The summed E-state index contributed by atoms with van der Waals surface area (Å²) in [6, 6.07) is 1.64. The molecule has 5 nitrogen and oxygen atoms in total. The fourth-order valence-corrected chi connectivity index (χ4v) is 2.05. The monoisotopic (exact) mass is 385 g/mol. The molecule has 0 aliphatic rings. The predicted octanol–water partition coefficient (Wildman–Crippen LogP) is 2.88. The van der Waals surface area contributed by atoms with Gasteiger partial charge in [-0.05, 0) is 47.5 Å². The molecule has 0 aromatic heterocycles. The van der Waals surface area contributed by atoms with E-state index in [1.165, 1.54) is 12.1 Å². The SMILES string of the molecule is CCOC(=O)C(F)[C@@H](N)c1cc(Br)c(O)c(OCC)c1.Cl. The molecule has 21 heavy (non-hydrogen) atoms. The molecule has 1 unspecified atom stereocenters. The number of phenols is 1. The van der Waals surface area contributed by atoms with Gasteiger partial charge in [0.15, 0.2) is 11.5 Å². The van der Waals surface area contributed by atoms with Crippen LogP contribution in [0.4, 0.5) is 4.39 Å². The van der Waals surface area contributed by atoms with Crippen LogP contribution in [0.15, 0.2) is 16.6 Å². The molecular formula is C13H18BrClFNO4. The highest BCUT2D eigenvalue weighted by Gasteiger charge is 2.29. The van der Waals surface area contributed by atoms with Crippen molar-refractivity contribution in [2.45, 2.75) is 26.1 Å². The number of carbonyl (C=O) groups excluding carboxylic acids is 1. The number of carbonyl (C=O) groups is 1.